The molecule has 1 aromatic rings. The highest BCUT2D eigenvalue weighted by atomic mass is 16.7. The lowest BCUT2D eigenvalue weighted by Crippen LogP contribution is -2.16. The van der Waals surface area contributed by atoms with Gasteiger partial charge in [0.05, 0.1) is 20.3 Å². The minimum Gasteiger partial charge on any atom is -0.438 e. The van der Waals surface area contributed by atoms with Crippen LogP contribution in [0.4, 0.5) is 4.79 Å². The van der Waals surface area contributed by atoms with E-state index in [2.05, 4.69) is 4.74 Å². The Bertz CT molecular complexity index is 323. The van der Waals surface area contributed by atoms with E-state index in [1.807, 2.05) is 37.3 Å². The van der Waals surface area contributed by atoms with Crippen molar-refractivity contribution in [1.82, 2.24) is 0 Å². The van der Waals surface area contributed by atoms with Crippen LogP contribution in [0.2, 0.25) is 0 Å². The Hall–Kier alpha value is -1.55. The number of rotatable bonds is 6. The normalized spacial score (nSPS) is 11.9. The number of hydrogen-bond donors (Lipinski definition) is 0. The SMILES string of the molecule is COC(=O)O[C@@H](C)CCOCc1ccccc1. The Labute approximate surface area is 101 Å². The van der Waals surface area contributed by atoms with Crippen molar-refractivity contribution in [2.24, 2.45) is 0 Å². The van der Waals surface area contributed by atoms with Crippen LogP contribution >= 0.6 is 0 Å². The molecule has 0 aromatic heterocycles. The fraction of sp³-hybridized carbons (Fsp3) is 0.462. The Balaban J connectivity index is 2.10. The van der Waals surface area contributed by atoms with Gasteiger partial charge in [-0.1, -0.05) is 30.3 Å². The first-order valence-corrected chi connectivity index (χ1v) is 5.58. The molecule has 0 saturated heterocycles. The summed E-state index contributed by atoms with van der Waals surface area (Å²) >= 11 is 0. The number of benzene rings is 1. The first-order valence-electron chi connectivity index (χ1n) is 5.58. The van der Waals surface area contributed by atoms with Crippen molar-refractivity contribution in [3.63, 3.8) is 0 Å². The molecule has 0 unspecified atom stereocenters. The molecule has 0 aliphatic heterocycles. The molecule has 0 radical (unpaired) electrons. The molecule has 0 bridgehead atoms. The minimum atomic E-state index is -0.652. The third kappa shape index (κ3) is 5.92. The highest BCUT2D eigenvalue weighted by molar-refractivity contribution is 5.59. The van der Waals surface area contributed by atoms with Crippen LogP contribution in [0.25, 0.3) is 0 Å². The lowest BCUT2D eigenvalue weighted by atomic mass is 10.2. The van der Waals surface area contributed by atoms with Gasteiger partial charge in [-0.2, -0.15) is 0 Å². The molecular formula is C13H18O4. The number of ether oxygens (including phenoxy) is 3. The van der Waals surface area contributed by atoms with E-state index in [1.54, 1.807) is 0 Å². The molecule has 0 aliphatic carbocycles. The second-order valence-electron chi connectivity index (χ2n) is 3.71. The maximum atomic E-state index is 10.8. The predicted octanol–water partition coefficient (Wildman–Crippen LogP) is 2.76. The molecule has 0 amide bonds. The second kappa shape index (κ2) is 7.68. The fourth-order valence-corrected chi connectivity index (χ4v) is 1.28. The van der Waals surface area contributed by atoms with E-state index in [0.717, 1.165) is 5.56 Å². The zero-order valence-electron chi connectivity index (χ0n) is 10.2. The smallest absolute Gasteiger partial charge is 0.438 e. The minimum absolute atomic E-state index is 0.196. The second-order valence-corrected chi connectivity index (χ2v) is 3.71. The molecule has 0 heterocycles. The van der Waals surface area contributed by atoms with Gasteiger partial charge in [-0.25, -0.2) is 4.79 Å². The van der Waals surface area contributed by atoms with Crippen LogP contribution in [-0.2, 0) is 20.8 Å². The molecule has 0 spiro atoms. The van der Waals surface area contributed by atoms with Crippen LogP contribution in [0.15, 0.2) is 30.3 Å². The molecule has 1 aromatic carbocycles. The summed E-state index contributed by atoms with van der Waals surface area (Å²) in [4.78, 5) is 10.8. The van der Waals surface area contributed by atoms with Crippen LogP contribution < -0.4 is 0 Å². The molecule has 0 aliphatic rings. The summed E-state index contributed by atoms with van der Waals surface area (Å²) in [6.45, 7) is 2.93. The molecule has 0 saturated carbocycles. The van der Waals surface area contributed by atoms with Crippen molar-refractivity contribution in [3.8, 4) is 0 Å². The summed E-state index contributed by atoms with van der Waals surface area (Å²) in [6.07, 6.45) is -0.194. The molecule has 4 heteroatoms. The van der Waals surface area contributed by atoms with Crippen LogP contribution in [0.5, 0.6) is 0 Å². The van der Waals surface area contributed by atoms with Gasteiger partial charge in [-0.15, -0.1) is 0 Å². The van der Waals surface area contributed by atoms with E-state index in [9.17, 15) is 4.79 Å². The summed E-state index contributed by atoms with van der Waals surface area (Å²) in [6, 6.07) is 9.93. The highest BCUT2D eigenvalue weighted by Crippen LogP contribution is 2.03. The fourth-order valence-electron chi connectivity index (χ4n) is 1.28. The van der Waals surface area contributed by atoms with E-state index in [-0.39, 0.29) is 6.10 Å². The maximum absolute atomic E-state index is 10.8. The Morgan fingerprint density at radius 1 is 1.29 bits per heavy atom. The van der Waals surface area contributed by atoms with Gasteiger partial charge in [0.1, 0.15) is 6.10 Å². The van der Waals surface area contributed by atoms with Crippen LogP contribution in [0, 0.1) is 0 Å². The zero-order chi connectivity index (χ0) is 12.5. The van der Waals surface area contributed by atoms with Crippen molar-refractivity contribution in [3.05, 3.63) is 35.9 Å². The third-order valence-corrected chi connectivity index (χ3v) is 2.24. The molecule has 0 N–H and O–H groups in total. The number of methoxy groups -OCH3 is 1. The molecular weight excluding hydrogens is 220 g/mol. The van der Waals surface area contributed by atoms with Gasteiger partial charge in [0, 0.05) is 6.42 Å². The zero-order valence-corrected chi connectivity index (χ0v) is 10.2. The van der Waals surface area contributed by atoms with E-state index in [0.29, 0.717) is 19.6 Å². The Kier molecular flexibility index (Phi) is 6.10. The molecule has 17 heavy (non-hydrogen) atoms. The van der Waals surface area contributed by atoms with Gasteiger partial charge in [0.2, 0.25) is 0 Å². The Morgan fingerprint density at radius 3 is 2.65 bits per heavy atom. The van der Waals surface area contributed by atoms with Crippen molar-refractivity contribution >= 4 is 6.16 Å². The number of carbonyl (C=O) groups excluding carboxylic acids is 1. The summed E-state index contributed by atoms with van der Waals surface area (Å²) in [5.74, 6) is 0. The first kappa shape index (κ1) is 13.5. The average molecular weight is 238 g/mol. The molecule has 0 fully saturated rings. The first-order chi connectivity index (χ1) is 8.22. The quantitative estimate of drug-likeness (QED) is 0.564. The van der Waals surface area contributed by atoms with Crippen LogP contribution in [-0.4, -0.2) is 26.0 Å². The van der Waals surface area contributed by atoms with E-state index < -0.39 is 6.16 Å². The largest absolute Gasteiger partial charge is 0.508 e. The summed E-state index contributed by atoms with van der Waals surface area (Å²) in [5.41, 5.74) is 1.13. The monoisotopic (exact) mass is 238 g/mol. The lowest BCUT2D eigenvalue weighted by Gasteiger charge is -2.12. The number of hydrogen-bond acceptors (Lipinski definition) is 4. The molecule has 1 atom stereocenters. The van der Waals surface area contributed by atoms with E-state index >= 15 is 0 Å². The third-order valence-electron chi connectivity index (χ3n) is 2.24. The number of carbonyl (C=O) groups is 1. The van der Waals surface area contributed by atoms with Crippen molar-refractivity contribution in [2.45, 2.75) is 26.1 Å². The Morgan fingerprint density at radius 2 is 2.00 bits per heavy atom. The van der Waals surface area contributed by atoms with Crippen LogP contribution in [0.3, 0.4) is 0 Å². The van der Waals surface area contributed by atoms with Crippen molar-refractivity contribution in [1.29, 1.82) is 0 Å². The van der Waals surface area contributed by atoms with Gasteiger partial charge < -0.3 is 14.2 Å². The summed E-state index contributed by atoms with van der Waals surface area (Å²) in [5, 5.41) is 0. The maximum Gasteiger partial charge on any atom is 0.508 e. The highest BCUT2D eigenvalue weighted by Gasteiger charge is 2.08. The van der Waals surface area contributed by atoms with Gasteiger partial charge in [-0.05, 0) is 12.5 Å². The van der Waals surface area contributed by atoms with E-state index in [4.69, 9.17) is 9.47 Å². The van der Waals surface area contributed by atoms with Crippen molar-refractivity contribution < 1.29 is 19.0 Å². The summed E-state index contributed by atoms with van der Waals surface area (Å²) < 4.78 is 14.8. The molecule has 94 valence electrons. The molecule has 4 nitrogen and oxygen atoms in total. The van der Waals surface area contributed by atoms with E-state index in [1.165, 1.54) is 7.11 Å². The standard InChI is InChI=1S/C13H18O4/c1-11(17-13(14)15-2)8-9-16-10-12-6-4-3-5-7-12/h3-7,11H,8-10H2,1-2H3/t11-/m0/s1. The lowest BCUT2D eigenvalue weighted by molar-refractivity contribution is 0.0237. The van der Waals surface area contributed by atoms with Gasteiger partial charge in [-0.3, -0.25) is 0 Å². The summed E-state index contributed by atoms with van der Waals surface area (Å²) in [7, 11) is 1.29. The van der Waals surface area contributed by atoms with Gasteiger partial charge in [0.25, 0.3) is 0 Å². The molecule has 1 rings (SSSR count). The topological polar surface area (TPSA) is 44.8 Å². The average Bonchev–Trinajstić information content (AvgIpc) is 2.36. The van der Waals surface area contributed by atoms with Crippen molar-refractivity contribution in [2.75, 3.05) is 13.7 Å². The van der Waals surface area contributed by atoms with Gasteiger partial charge in [0.15, 0.2) is 0 Å². The van der Waals surface area contributed by atoms with Crippen LogP contribution in [0.1, 0.15) is 18.9 Å². The van der Waals surface area contributed by atoms with Gasteiger partial charge >= 0.3 is 6.16 Å². The predicted molar refractivity (Wildman–Crippen MR) is 63.7 cm³/mol.